The second-order valence-corrected chi connectivity index (χ2v) is 7.81. The van der Waals surface area contributed by atoms with Gasteiger partial charge in [-0.25, -0.2) is 19.2 Å². The van der Waals surface area contributed by atoms with Crippen LogP contribution in [-0.2, 0) is 54.1 Å². The Morgan fingerprint density at radius 3 is 0.967 bits per heavy atom. The summed E-state index contributed by atoms with van der Waals surface area (Å²) < 4.78 is 29.9. The molecule has 0 spiro atoms. The number of ether oxygens (including phenoxy) is 6. The minimum absolute atomic E-state index is 0.369. The van der Waals surface area contributed by atoms with Gasteiger partial charge in [0.25, 0.3) is 0 Å². The lowest BCUT2D eigenvalue weighted by Gasteiger charge is -2.37. The first-order valence-corrected chi connectivity index (χ1v) is 9.61. The van der Waals surface area contributed by atoms with E-state index in [9.17, 15) is 19.2 Å². The van der Waals surface area contributed by atoms with Gasteiger partial charge in [0.05, 0.1) is 0 Å². The predicted octanol–water partition coefficient (Wildman–Crippen LogP) is 2.58. The third kappa shape index (κ3) is 2.94. The molecule has 0 N–H and O–H groups in total. The molecule has 1 aromatic carbocycles. The molecule has 0 radical (unpaired) electrons. The van der Waals surface area contributed by atoms with Gasteiger partial charge in [0.15, 0.2) is 0 Å². The van der Waals surface area contributed by atoms with Gasteiger partial charge in [-0.05, 0) is 47.2 Å². The number of cyclic esters (lactones) is 4. The fraction of sp³-hybridized carbons (Fsp3) is 0.500. The van der Waals surface area contributed by atoms with Crippen LogP contribution in [0.15, 0.2) is 0 Å². The van der Waals surface area contributed by atoms with Gasteiger partial charge in [-0.1, -0.05) is 0 Å². The van der Waals surface area contributed by atoms with E-state index in [1.165, 1.54) is 0 Å². The lowest BCUT2D eigenvalue weighted by Crippen LogP contribution is -2.42. The molecule has 5 rings (SSSR count). The van der Waals surface area contributed by atoms with Gasteiger partial charge in [0.1, 0.15) is 24.4 Å². The second kappa shape index (κ2) is 6.61. The van der Waals surface area contributed by atoms with E-state index in [2.05, 4.69) is 9.47 Å². The predicted molar refractivity (Wildman–Crippen MR) is 94.0 cm³/mol. The summed E-state index contributed by atoms with van der Waals surface area (Å²) in [6.07, 6.45) is -5.38. The molecule has 2 saturated heterocycles. The van der Waals surface area contributed by atoms with Gasteiger partial charge in [-0.3, -0.25) is 0 Å². The molecule has 30 heavy (non-hydrogen) atoms. The highest BCUT2D eigenvalue weighted by molar-refractivity contribution is 5.79. The zero-order valence-electron chi connectivity index (χ0n) is 16.2. The fourth-order valence-electron chi connectivity index (χ4n) is 4.90. The molecule has 10 nitrogen and oxygen atoms in total. The normalized spacial score (nSPS) is 29.7. The Hall–Kier alpha value is -3.30. The highest BCUT2D eigenvalue weighted by Gasteiger charge is 2.44. The van der Waals surface area contributed by atoms with E-state index in [1.807, 2.05) is 13.8 Å². The van der Waals surface area contributed by atoms with Crippen LogP contribution in [0.25, 0.3) is 0 Å². The summed E-state index contributed by atoms with van der Waals surface area (Å²) >= 11 is 0. The Labute approximate surface area is 170 Å². The third-order valence-electron chi connectivity index (χ3n) is 6.31. The molecule has 2 aliphatic carbocycles. The summed E-state index contributed by atoms with van der Waals surface area (Å²) in [4.78, 5) is 46.6. The number of carbonyl (C=O) groups excluding carboxylic acids is 4. The standard InChI is InChI=1S/C20H18O10/c1-7-9-3-13-15(27-19(23)29-17(21)25-13)5-11(9)8(2)12-6-16-14(4-10(7)12)26-18(22)30-20(24)28-16/h13-16H,3-6H2,1-2H3. The van der Waals surface area contributed by atoms with E-state index >= 15 is 0 Å². The Bertz CT molecular complexity index is 844. The second-order valence-electron chi connectivity index (χ2n) is 7.81. The molecular formula is C20H18O10. The quantitative estimate of drug-likeness (QED) is 0.353. The van der Waals surface area contributed by atoms with E-state index in [-0.39, 0.29) is 0 Å². The van der Waals surface area contributed by atoms with Crippen LogP contribution in [0.1, 0.15) is 33.4 Å². The maximum Gasteiger partial charge on any atom is 0.519 e. The minimum Gasteiger partial charge on any atom is -0.426 e. The van der Waals surface area contributed by atoms with E-state index in [4.69, 9.17) is 18.9 Å². The molecule has 0 bridgehead atoms. The molecule has 10 heteroatoms. The van der Waals surface area contributed by atoms with Crippen LogP contribution in [0.4, 0.5) is 19.2 Å². The summed E-state index contributed by atoms with van der Waals surface area (Å²) in [5.74, 6) is 0. The van der Waals surface area contributed by atoms with Crippen LogP contribution >= 0.6 is 0 Å². The summed E-state index contributed by atoms with van der Waals surface area (Å²) in [6, 6.07) is 0. The van der Waals surface area contributed by atoms with E-state index in [0.717, 1.165) is 33.4 Å². The monoisotopic (exact) mass is 418 g/mol. The Morgan fingerprint density at radius 2 is 0.733 bits per heavy atom. The SMILES string of the molecule is Cc1c2c(c(C)c3c1CC1OC(=O)OC(=O)OC1C3)CC1OC(=O)OC(=O)OC1C2. The van der Waals surface area contributed by atoms with Crippen molar-refractivity contribution in [2.24, 2.45) is 0 Å². The van der Waals surface area contributed by atoms with E-state index < -0.39 is 49.0 Å². The molecule has 4 unspecified atom stereocenters. The number of rotatable bonds is 0. The molecule has 158 valence electrons. The largest absolute Gasteiger partial charge is 0.519 e. The third-order valence-corrected chi connectivity index (χ3v) is 6.31. The van der Waals surface area contributed by atoms with Crippen molar-refractivity contribution in [1.29, 1.82) is 0 Å². The van der Waals surface area contributed by atoms with Crippen molar-refractivity contribution < 1.29 is 47.6 Å². The molecule has 2 fully saturated rings. The highest BCUT2D eigenvalue weighted by atomic mass is 16.8. The van der Waals surface area contributed by atoms with Gasteiger partial charge in [-0.2, -0.15) is 0 Å². The molecule has 2 aliphatic heterocycles. The Morgan fingerprint density at radius 1 is 0.500 bits per heavy atom. The smallest absolute Gasteiger partial charge is 0.426 e. The van der Waals surface area contributed by atoms with Crippen molar-refractivity contribution in [2.75, 3.05) is 0 Å². The van der Waals surface area contributed by atoms with E-state index in [1.54, 1.807) is 0 Å². The first-order chi connectivity index (χ1) is 14.3. The number of carbonyl (C=O) groups is 4. The first-order valence-electron chi connectivity index (χ1n) is 9.61. The molecule has 0 aromatic heterocycles. The zero-order valence-corrected chi connectivity index (χ0v) is 16.2. The van der Waals surface area contributed by atoms with Crippen molar-refractivity contribution in [1.82, 2.24) is 0 Å². The van der Waals surface area contributed by atoms with Crippen LogP contribution in [0.5, 0.6) is 0 Å². The molecule has 0 amide bonds. The number of hydrogen-bond donors (Lipinski definition) is 0. The van der Waals surface area contributed by atoms with Gasteiger partial charge < -0.3 is 28.4 Å². The van der Waals surface area contributed by atoms with Crippen LogP contribution in [0.3, 0.4) is 0 Å². The maximum atomic E-state index is 11.6. The lowest BCUT2D eigenvalue weighted by atomic mass is 9.74. The maximum absolute atomic E-state index is 11.6. The molecule has 2 heterocycles. The lowest BCUT2D eigenvalue weighted by molar-refractivity contribution is 0.00605. The topological polar surface area (TPSA) is 124 Å². The van der Waals surface area contributed by atoms with Crippen LogP contribution < -0.4 is 0 Å². The van der Waals surface area contributed by atoms with Crippen molar-refractivity contribution in [2.45, 2.75) is 63.9 Å². The zero-order chi connectivity index (χ0) is 21.2. The fourth-order valence-corrected chi connectivity index (χ4v) is 4.90. The average molecular weight is 418 g/mol. The van der Waals surface area contributed by atoms with Crippen LogP contribution in [-0.4, -0.2) is 49.0 Å². The number of benzene rings is 1. The first kappa shape index (κ1) is 18.7. The van der Waals surface area contributed by atoms with Crippen molar-refractivity contribution in [3.8, 4) is 0 Å². The summed E-state index contributed by atoms with van der Waals surface area (Å²) in [7, 11) is 0. The summed E-state index contributed by atoms with van der Waals surface area (Å²) in [5, 5.41) is 0. The van der Waals surface area contributed by atoms with Gasteiger partial charge >= 0.3 is 24.6 Å². The summed E-state index contributed by atoms with van der Waals surface area (Å²) in [6.45, 7) is 3.92. The molecule has 4 atom stereocenters. The van der Waals surface area contributed by atoms with E-state index in [0.29, 0.717) is 25.7 Å². The van der Waals surface area contributed by atoms with Gasteiger partial charge in [-0.15, -0.1) is 0 Å². The van der Waals surface area contributed by atoms with Crippen molar-refractivity contribution in [3.63, 3.8) is 0 Å². The Kier molecular flexibility index (Phi) is 4.12. The number of hydrogen-bond acceptors (Lipinski definition) is 10. The average Bonchev–Trinajstić information content (AvgIpc) is 2.90. The van der Waals surface area contributed by atoms with Crippen LogP contribution in [0.2, 0.25) is 0 Å². The minimum atomic E-state index is -1.07. The molecule has 1 aromatic rings. The Balaban J connectivity index is 1.54. The van der Waals surface area contributed by atoms with Gasteiger partial charge in [0, 0.05) is 25.7 Å². The van der Waals surface area contributed by atoms with Gasteiger partial charge in [0.2, 0.25) is 0 Å². The van der Waals surface area contributed by atoms with Crippen LogP contribution in [0, 0.1) is 13.8 Å². The molecule has 0 saturated carbocycles. The molecule has 4 aliphatic rings. The summed E-state index contributed by atoms with van der Waals surface area (Å²) in [5.41, 5.74) is 6.00. The molecular weight excluding hydrogens is 400 g/mol. The number of fused-ring (bicyclic) bond motifs is 4. The highest BCUT2D eigenvalue weighted by Crippen LogP contribution is 2.40. The van der Waals surface area contributed by atoms with Crippen molar-refractivity contribution >= 4 is 24.6 Å². The van der Waals surface area contributed by atoms with Crippen molar-refractivity contribution in [3.05, 3.63) is 33.4 Å².